The zero-order valence-electron chi connectivity index (χ0n) is 32.4. The molecule has 1 fully saturated rings. The number of hydrogen-bond donors (Lipinski definition) is 10. The van der Waals surface area contributed by atoms with Crippen LogP contribution in [0.2, 0.25) is 0 Å². The number of carbonyl (C=O) groups is 6. The third kappa shape index (κ3) is 12.3. The Bertz CT molecular complexity index is 1600. The van der Waals surface area contributed by atoms with Gasteiger partial charge in [0.25, 0.3) is 5.91 Å². The summed E-state index contributed by atoms with van der Waals surface area (Å²) >= 11 is 0. The van der Waals surface area contributed by atoms with Gasteiger partial charge in [-0.15, -0.1) is 0 Å². The number of aliphatic imine (C=N–C) groups is 1. The first-order valence-electron chi connectivity index (χ1n) is 18.8. The smallest absolute Gasteiger partial charge is 0.251 e. The number of hydrogen-bond acceptors (Lipinski definition) is 13. The van der Waals surface area contributed by atoms with E-state index in [1.165, 1.54) is 50.1 Å². The molecule has 1 aromatic carbocycles. The molecule has 310 valence electrons. The number of phenolic OH excluding ortho intramolecular Hbond substituents is 1. The van der Waals surface area contributed by atoms with E-state index in [1.807, 2.05) is 0 Å². The van der Waals surface area contributed by atoms with E-state index in [0.29, 0.717) is 31.5 Å². The molecule has 0 aromatic heterocycles. The molecule has 1 saturated heterocycles. The fourth-order valence-corrected chi connectivity index (χ4v) is 6.84. The van der Waals surface area contributed by atoms with Gasteiger partial charge in [-0.1, -0.05) is 12.1 Å². The molecule has 19 nitrogen and oxygen atoms in total. The highest BCUT2D eigenvalue weighted by Crippen LogP contribution is 2.23. The Kier molecular flexibility index (Phi) is 17.3. The Morgan fingerprint density at radius 3 is 2.30 bits per heavy atom. The Morgan fingerprint density at radius 1 is 1.02 bits per heavy atom. The molecular formula is C37H57N9O10. The molecule has 0 spiro atoms. The number of carbonyl (C=O) groups excluding carboxylic acids is 6. The van der Waals surface area contributed by atoms with Gasteiger partial charge in [0, 0.05) is 51.5 Å². The van der Waals surface area contributed by atoms with Crippen molar-refractivity contribution in [3.8, 4) is 5.75 Å². The number of rotatable bonds is 10. The first-order chi connectivity index (χ1) is 26.5. The molecule has 19 heteroatoms. The summed E-state index contributed by atoms with van der Waals surface area (Å²) in [5, 5.41) is 60.5. The van der Waals surface area contributed by atoms with Crippen LogP contribution < -0.4 is 27.0 Å². The van der Waals surface area contributed by atoms with E-state index in [9.17, 15) is 49.2 Å². The van der Waals surface area contributed by atoms with Crippen LogP contribution in [0.1, 0.15) is 77.4 Å². The van der Waals surface area contributed by atoms with Gasteiger partial charge in [0.05, 0.1) is 18.2 Å². The predicted molar refractivity (Wildman–Crippen MR) is 204 cm³/mol. The van der Waals surface area contributed by atoms with Crippen molar-refractivity contribution in [2.75, 3.05) is 33.3 Å². The molecule has 2 aliphatic rings. The zero-order chi connectivity index (χ0) is 41.7. The molecule has 0 saturated carbocycles. The van der Waals surface area contributed by atoms with Crippen LogP contribution in [0, 0.1) is 5.41 Å². The number of nitrogens with two attached hydrogens (primary N) is 1. The fourth-order valence-electron chi connectivity index (χ4n) is 6.84. The Morgan fingerprint density at radius 2 is 1.70 bits per heavy atom. The second kappa shape index (κ2) is 21.4. The van der Waals surface area contributed by atoms with E-state index in [0.717, 1.165) is 4.90 Å². The van der Waals surface area contributed by atoms with Gasteiger partial charge in [0.2, 0.25) is 29.5 Å². The maximum Gasteiger partial charge on any atom is 0.251 e. The van der Waals surface area contributed by atoms with Crippen molar-refractivity contribution < 1.29 is 49.2 Å². The SMILES string of the molecule is CC(=O)NC1CCCN=C(C)C2CCCN2C(=O)C(C(=N)CCN)NC(=O)C(CC(O)c2ccc(O)cc2)NC(=O)C(CCO)N(C)C(=O)C(C(C)O)NC1=O. The highest BCUT2D eigenvalue weighted by Gasteiger charge is 2.40. The number of aromatic hydroxyl groups is 1. The summed E-state index contributed by atoms with van der Waals surface area (Å²) in [6, 6.07) is -2.30. The van der Waals surface area contributed by atoms with Crippen LogP contribution in [0.25, 0.3) is 0 Å². The van der Waals surface area contributed by atoms with Crippen LogP contribution in [0.4, 0.5) is 0 Å². The average Bonchev–Trinajstić information content (AvgIpc) is 3.65. The van der Waals surface area contributed by atoms with Crippen molar-refractivity contribution in [2.24, 2.45) is 10.7 Å². The van der Waals surface area contributed by atoms with Crippen molar-refractivity contribution in [2.45, 2.75) is 114 Å². The minimum Gasteiger partial charge on any atom is -0.508 e. The molecular weight excluding hydrogens is 730 g/mol. The molecule has 11 N–H and O–H groups in total. The summed E-state index contributed by atoms with van der Waals surface area (Å²) in [7, 11) is 1.21. The van der Waals surface area contributed by atoms with Crippen LogP contribution in [0.15, 0.2) is 29.3 Å². The highest BCUT2D eigenvalue weighted by atomic mass is 16.3. The molecule has 1 aromatic rings. The lowest BCUT2D eigenvalue weighted by Crippen LogP contribution is -2.62. The fraction of sp³-hybridized carbons (Fsp3) is 0.622. The summed E-state index contributed by atoms with van der Waals surface area (Å²) in [4.78, 5) is 88.9. The van der Waals surface area contributed by atoms with Gasteiger partial charge < -0.3 is 62.6 Å². The van der Waals surface area contributed by atoms with E-state index in [4.69, 9.17) is 11.1 Å². The van der Waals surface area contributed by atoms with Crippen molar-refractivity contribution in [3.63, 3.8) is 0 Å². The number of aliphatic hydroxyl groups excluding tert-OH is 3. The molecule has 8 atom stereocenters. The number of phenols is 1. The van der Waals surface area contributed by atoms with E-state index in [1.54, 1.807) is 6.92 Å². The molecule has 6 amide bonds. The van der Waals surface area contributed by atoms with Crippen molar-refractivity contribution >= 4 is 46.9 Å². The minimum absolute atomic E-state index is 0.00434. The monoisotopic (exact) mass is 787 g/mol. The summed E-state index contributed by atoms with van der Waals surface area (Å²) < 4.78 is 0. The van der Waals surface area contributed by atoms with Gasteiger partial charge in [-0.25, -0.2) is 0 Å². The van der Waals surface area contributed by atoms with Gasteiger partial charge in [0.15, 0.2) is 0 Å². The predicted octanol–water partition coefficient (Wildman–Crippen LogP) is -2.02. The molecule has 2 aliphatic heterocycles. The van der Waals surface area contributed by atoms with Crippen LogP contribution in [-0.4, -0.2) is 153 Å². The number of fused-ring (bicyclic) bond motifs is 1. The first kappa shape index (κ1) is 45.4. The van der Waals surface area contributed by atoms with Crippen LogP contribution >= 0.6 is 0 Å². The largest absolute Gasteiger partial charge is 0.508 e. The van der Waals surface area contributed by atoms with Crippen molar-refractivity contribution in [1.29, 1.82) is 5.41 Å². The third-order valence-corrected chi connectivity index (χ3v) is 9.96. The summed E-state index contributed by atoms with van der Waals surface area (Å²) in [6.07, 6.45) is -2.18. The number of amides is 6. The topological polar surface area (TPSA) is 300 Å². The Balaban J connectivity index is 2.13. The van der Waals surface area contributed by atoms with Gasteiger partial charge in [-0.2, -0.15) is 0 Å². The minimum atomic E-state index is -1.60. The number of aliphatic hydroxyl groups is 3. The van der Waals surface area contributed by atoms with Crippen LogP contribution in [0.3, 0.4) is 0 Å². The number of benzene rings is 1. The summed E-state index contributed by atoms with van der Waals surface area (Å²) in [6.45, 7) is 4.12. The van der Waals surface area contributed by atoms with E-state index in [-0.39, 0.29) is 49.4 Å². The molecule has 56 heavy (non-hydrogen) atoms. The van der Waals surface area contributed by atoms with Crippen LogP contribution in [-0.2, 0) is 28.8 Å². The molecule has 2 heterocycles. The second-order valence-electron chi connectivity index (χ2n) is 14.2. The second-order valence-corrected chi connectivity index (χ2v) is 14.2. The van der Waals surface area contributed by atoms with E-state index < -0.39 is 96.9 Å². The lowest BCUT2D eigenvalue weighted by molar-refractivity contribution is -0.145. The quantitative estimate of drug-likeness (QED) is 0.116. The maximum atomic E-state index is 14.2. The first-order valence-corrected chi connectivity index (χ1v) is 18.8. The van der Waals surface area contributed by atoms with E-state index >= 15 is 0 Å². The Labute approximate surface area is 326 Å². The number of nitrogens with one attached hydrogen (secondary N) is 5. The van der Waals surface area contributed by atoms with Crippen molar-refractivity contribution in [3.05, 3.63) is 29.8 Å². The molecule has 3 rings (SSSR count). The van der Waals surface area contributed by atoms with Gasteiger partial charge in [0.1, 0.15) is 36.0 Å². The van der Waals surface area contributed by atoms with Crippen molar-refractivity contribution in [1.82, 2.24) is 31.1 Å². The van der Waals surface area contributed by atoms with Gasteiger partial charge >= 0.3 is 0 Å². The Hall–Kier alpha value is -4.98. The lowest BCUT2D eigenvalue weighted by Gasteiger charge is -2.34. The van der Waals surface area contributed by atoms with Gasteiger partial charge in [-0.05, 0) is 76.6 Å². The normalized spacial score (nSPS) is 26.1. The molecule has 8 unspecified atom stereocenters. The molecule has 0 bridgehead atoms. The number of likely N-dealkylation sites (N-methyl/N-ethyl adjacent to an activating group) is 1. The number of nitrogens with zero attached hydrogens (tertiary/aromatic N) is 3. The summed E-state index contributed by atoms with van der Waals surface area (Å²) in [5.74, 6) is -4.81. The summed E-state index contributed by atoms with van der Waals surface area (Å²) in [5.41, 5.74) is 6.43. The average molecular weight is 788 g/mol. The lowest BCUT2D eigenvalue weighted by atomic mass is 9.99. The van der Waals surface area contributed by atoms with Crippen LogP contribution in [0.5, 0.6) is 5.75 Å². The zero-order valence-corrected chi connectivity index (χ0v) is 32.4. The van der Waals surface area contributed by atoms with E-state index in [2.05, 4.69) is 26.3 Å². The molecule has 0 aliphatic carbocycles. The highest BCUT2D eigenvalue weighted by molar-refractivity contribution is 6.10. The third-order valence-electron chi connectivity index (χ3n) is 9.96. The maximum absolute atomic E-state index is 14.2. The van der Waals surface area contributed by atoms with Gasteiger partial charge in [-0.3, -0.25) is 33.8 Å². The molecule has 0 radical (unpaired) electrons. The standard InChI is InChI=1S/C37H57N9O10/c1-20-28-8-6-17-46(28)37(56)32(25(39)13-15-38)44-34(53)27(19-30(51)23-9-11-24(50)12-10-23)42-35(54)29(14-18-47)45(4)36(55)31(21(2)48)43-33(52)26(41-22(3)49)7-5-16-40-20/h9-12,21,26-32,39,47-48,50-51H,5-8,13-19,38H2,1-4H3,(H,41,49)(H,42,54)(H,43,52)(H,44,53).